The average Bonchev–Trinajstić information content (AvgIpc) is 3.00. The summed E-state index contributed by atoms with van der Waals surface area (Å²) in [5, 5.41) is 64.2. The first-order valence-electron chi connectivity index (χ1n) is 15.1. The molecule has 1 aromatic heterocycles. The van der Waals surface area contributed by atoms with E-state index in [1.807, 2.05) is 20.8 Å². The van der Waals surface area contributed by atoms with Crippen molar-refractivity contribution >= 4 is 11.8 Å². The summed E-state index contributed by atoms with van der Waals surface area (Å²) in [7, 11) is 0. The van der Waals surface area contributed by atoms with Gasteiger partial charge in [-0.15, -0.1) is 20.4 Å². The molecule has 10 atom stereocenters. The van der Waals surface area contributed by atoms with Crippen LogP contribution in [0.2, 0.25) is 0 Å². The van der Waals surface area contributed by atoms with E-state index in [0.29, 0.717) is 11.4 Å². The number of amides is 2. The second-order valence-corrected chi connectivity index (χ2v) is 12.8. The molecule has 16 nitrogen and oxygen atoms in total. The molecule has 4 unspecified atom stereocenters. The quantitative estimate of drug-likeness (QED) is 0.179. The fourth-order valence-corrected chi connectivity index (χ4v) is 5.56. The Morgan fingerprint density at radius 2 is 1.63 bits per heavy atom. The van der Waals surface area contributed by atoms with Gasteiger partial charge in [0, 0.05) is 19.0 Å². The number of rotatable bonds is 10. The van der Waals surface area contributed by atoms with Crippen LogP contribution in [0.25, 0.3) is 11.4 Å². The molecule has 6 N–H and O–H groups in total. The van der Waals surface area contributed by atoms with E-state index < -0.39 is 91.1 Å². The first kappa shape index (κ1) is 35.6. The molecule has 0 bridgehead atoms. The van der Waals surface area contributed by atoms with Crippen LogP contribution in [0, 0.1) is 5.41 Å². The monoisotopic (exact) mass is 648 g/mol. The SMILES string of the molecule is CC(=O)N[C@H]1C(O[C@@H]2OC(C(=O)NCc3ccc(-c4nncnn4)cc3)[C@@H](OC(C)C)C(O)[C@@H]2O)[C@H](O)C(CO)O[C@H]1C(C)(C)C. The summed E-state index contributed by atoms with van der Waals surface area (Å²) in [6, 6.07) is 6.08. The molecule has 2 aromatic rings. The number of nitrogens with one attached hydrogen (secondary N) is 2. The number of ether oxygens (including phenoxy) is 4. The van der Waals surface area contributed by atoms with Gasteiger partial charge in [0.15, 0.2) is 18.7 Å². The number of aromatic nitrogens is 4. The minimum Gasteiger partial charge on any atom is -0.394 e. The molecule has 2 amide bonds. The predicted octanol–water partition coefficient (Wildman–Crippen LogP) is -1.15. The predicted molar refractivity (Wildman–Crippen MR) is 159 cm³/mol. The molecule has 1 aromatic carbocycles. The number of benzene rings is 1. The van der Waals surface area contributed by atoms with Crippen LogP contribution >= 0.6 is 0 Å². The fraction of sp³-hybridized carbons (Fsp3) is 0.667. The molecule has 254 valence electrons. The smallest absolute Gasteiger partial charge is 0.252 e. The number of aliphatic hydroxyl groups is 4. The number of nitrogens with zero attached hydrogens (tertiary/aromatic N) is 4. The van der Waals surface area contributed by atoms with Crippen molar-refractivity contribution in [3.05, 3.63) is 36.2 Å². The lowest BCUT2D eigenvalue weighted by atomic mass is 9.78. The highest BCUT2D eigenvalue weighted by Crippen LogP contribution is 2.36. The summed E-state index contributed by atoms with van der Waals surface area (Å²) < 4.78 is 23.9. The molecule has 0 saturated carbocycles. The molecule has 3 heterocycles. The van der Waals surface area contributed by atoms with Crippen molar-refractivity contribution < 1.29 is 49.0 Å². The van der Waals surface area contributed by atoms with Crippen molar-refractivity contribution in [3.8, 4) is 11.4 Å². The minimum absolute atomic E-state index is 0.0818. The standard InChI is InChI=1S/C30H44N6O10/c1-14(2)43-24-21(40)22(41)29(45-23-19(34-15(3)38)26(30(4,5)6)44-18(12-37)20(23)39)46-25(24)28(42)31-11-16-7-9-17(10-8-16)27-35-32-13-33-36-27/h7-10,13-14,18-26,29,37,39-41H,11-12H2,1-6H3,(H,31,42)(H,34,38)/t18?,19-,20+,21?,22-,23?,24-,25?,26+,29+/m0/s1. The second kappa shape index (κ2) is 15.1. The van der Waals surface area contributed by atoms with Crippen LogP contribution in [0.5, 0.6) is 0 Å². The molecular formula is C30H44N6O10. The highest BCUT2D eigenvalue weighted by Gasteiger charge is 2.54. The lowest BCUT2D eigenvalue weighted by Crippen LogP contribution is -2.70. The van der Waals surface area contributed by atoms with Gasteiger partial charge in [-0.25, -0.2) is 0 Å². The van der Waals surface area contributed by atoms with E-state index in [1.54, 1.807) is 38.1 Å². The van der Waals surface area contributed by atoms with Gasteiger partial charge in [0.05, 0.1) is 24.9 Å². The van der Waals surface area contributed by atoms with Crippen LogP contribution in [0.4, 0.5) is 0 Å². The molecule has 4 rings (SSSR count). The third kappa shape index (κ3) is 8.38. The van der Waals surface area contributed by atoms with Crippen LogP contribution in [0.3, 0.4) is 0 Å². The summed E-state index contributed by atoms with van der Waals surface area (Å²) in [5.41, 5.74) is 0.817. The number of carbonyl (C=O) groups is 2. The third-order valence-electron chi connectivity index (χ3n) is 7.73. The zero-order valence-corrected chi connectivity index (χ0v) is 26.7. The summed E-state index contributed by atoms with van der Waals surface area (Å²) in [4.78, 5) is 25.7. The molecule has 2 fully saturated rings. The highest BCUT2D eigenvalue weighted by atomic mass is 16.7. The summed E-state index contributed by atoms with van der Waals surface area (Å²) >= 11 is 0. The van der Waals surface area contributed by atoms with Crippen molar-refractivity contribution in [2.75, 3.05) is 6.61 Å². The maximum absolute atomic E-state index is 13.5. The van der Waals surface area contributed by atoms with Crippen molar-refractivity contribution in [2.24, 2.45) is 5.41 Å². The Morgan fingerprint density at radius 3 is 2.20 bits per heavy atom. The van der Waals surface area contributed by atoms with Gasteiger partial charge in [-0.05, 0) is 24.8 Å². The van der Waals surface area contributed by atoms with Gasteiger partial charge in [-0.1, -0.05) is 45.0 Å². The molecule has 16 heteroatoms. The maximum atomic E-state index is 13.5. The Morgan fingerprint density at radius 1 is 0.978 bits per heavy atom. The zero-order valence-electron chi connectivity index (χ0n) is 26.7. The van der Waals surface area contributed by atoms with Crippen LogP contribution in [0.1, 0.15) is 47.1 Å². The van der Waals surface area contributed by atoms with Crippen LogP contribution in [-0.2, 0) is 35.1 Å². The Bertz CT molecular complexity index is 1300. The van der Waals surface area contributed by atoms with Gasteiger partial charge in [-0.3, -0.25) is 9.59 Å². The van der Waals surface area contributed by atoms with E-state index in [2.05, 4.69) is 31.0 Å². The molecule has 0 radical (unpaired) electrons. The molecular weight excluding hydrogens is 604 g/mol. The largest absolute Gasteiger partial charge is 0.394 e. The van der Waals surface area contributed by atoms with Crippen molar-refractivity contribution in [2.45, 2.75) is 115 Å². The van der Waals surface area contributed by atoms with Crippen molar-refractivity contribution in [1.82, 2.24) is 31.0 Å². The zero-order chi connectivity index (χ0) is 33.8. The molecule has 0 spiro atoms. The number of aliphatic hydroxyl groups excluding tert-OH is 4. The van der Waals surface area contributed by atoms with Gasteiger partial charge in [0.2, 0.25) is 11.7 Å². The summed E-state index contributed by atoms with van der Waals surface area (Å²) in [5.74, 6) is -0.743. The molecule has 2 saturated heterocycles. The molecule has 2 aliphatic heterocycles. The normalized spacial score (nSPS) is 31.8. The Hall–Kier alpha value is -3.22. The van der Waals surface area contributed by atoms with E-state index in [-0.39, 0.29) is 6.54 Å². The molecule has 0 aliphatic carbocycles. The van der Waals surface area contributed by atoms with Crippen LogP contribution < -0.4 is 10.6 Å². The molecule has 46 heavy (non-hydrogen) atoms. The van der Waals surface area contributed by atoms with Gasteiger partial charge in [0.1, 0.15) is 36.6 Å². The Kier molecular flexibility index (Phi) is 11.7. The number of carbonyl (C=O) groups excluding carboxylic acids is 2. The van der Waals surface area contributed by atoms with Crippen molar-refractivity contribution in [1.29, 1.82) is 0 Å². The number of hydrogen-bond acceptors (Lipinski definition) is 14. The summed E-state index contributed by atoms with van der Waals surface area (Å²) in [6.07, 6.45) is -11.5. The molecule has 2 aliphatic rings. The van der Waals surface area contributed by atoms with E-state index in [0.717, 1.165) is 5.56 Å². The lowest BCUT2D eigenvalue weighted by molar-refractivity contribution is -0.332. The first-order valence-corrected chi connectivity index (χ1v) is 15.1. The van der Waals surface area contributed by atoms with Gasteiger partial charge < -0.3 is 50.0 Å². The first-order chi connectivity index (χ1) is 21.7. The lowest BCUT2D eigenvalue weighted by Gasteiger charge is -2.51. The maximum Gasteiger partial charge on any atom is 0.252 e. The Labute approximate surface area is 266 Å². The van der Waals surface area contributed by atoms with Gasteiger partial charge >= 0.3 is 0 Å². The van der Waals surface area contributed by atoms with E-state index in [1.165, 1.54) is 13.3 Å². The number of hydrogen-bond donors (Lipinski definition) is 6. The van der Waals surface area contributed by atoms with E-state index in [9.17, 15) is 30.0 Å². The average molecular weight is 649 g/mol. The summed E-state index contributed by atoms with van der Waals surface area (Å²) in [6.45, 7) is 9.81. The third-order valence-corrected chi connectivity index (χ3v) is 7.73. The minimum atomic E-state index is -1.71. The second-order valence-electron chi connectivity index (χ2n) is 12.8. The topological polar surface area (TPSA) is 228 Å². The van der Waals surface area contributed by atoms with Crippen LogP contribution in [-0.4, -0.2) is 127 Å². The van der Waals surface area contributed by atoms with Crippen LogP contribution in [0.15, 0.2) is 30.6 Å². The highest BCUT2D eigenvalue weighted by molar-refractivity contribution is 5.81. The van der Waals surface area contributed by atoms with Gasteiger partial charge in [0.25, 0.3) is 5.91 Å². The fourth-order valence-electron chi connectivity index (χ4n) is 5.56. The van der Waals surface area contributed by atoms with Crippen molar-refractivity contribution in [3.63, 3.8) is 0 Å². The Balaban J connectivity index is 1.55. The van der Waals surface area contributed by atoms with Gasteiger partial charge in [-0.2, -0.15) is 0 Å². The van der Waals surface area contributed by atoms with E-state index in [4.69, 9.17) is 18.9 Å². The van der Waals surface area contributed by atoms with E-state index >= 15 is 0 Å².